The van der Waals surface area contributed by atoms with E-state index in [1.807, 2.05) is 24.3 Å². The SMILES string of the molecule is C[C@H](Oc1ccccc1)C(=O)OCC(=O)NCCc1cccc(Cl)c1. The van der Waals surface area contributed by atoms with E-state index in [0.717, 1.165) is 5.56 Å². The van der Waals surface area contributed by atoms with Crippen LogP contribution in [-0.2, 0) is 20.7 Å². The Hall–Kier alpha value is -2.53. The highest BCUT2D eigenvalue weighted by Gasteiger charge is 2.17. The number of rotatable bonds is 8. The number of para-hydroxylation sites is 1. The van der Waals surface area contributed by atoms with Crippen LogP contribution in [0.1, 0.15) is 12.5 Å². The molecule has 0 saturated heterocycles. The van der Waals surface area contributed by atoms with Crippen molar-refractivity contribution in [3.8, 4) is 5.75 Å². The van der Waals surface area contributed by atoms with Gasteiger partial charge in [0.1, 0.15) is 5.75 Å². The number of benzene rings is 2. The number of hydrogen-bond donors (Lipinski definition) is 1. The van der Waals surface area contributed by atoms with Crippen molar-refractivity contribution in [2.24, 2.45) is 0 Å². The molecule has 6 heteroatoms. The number of carbonyl (C=O) groups excluding carboxylic acids is 2. The summed E-state index contributed by atoms with van der Waals surface area (Å²) in [5.74, 6) is -0.381. The predicted molar refractivity (Wildman–Crippen MR) is 95.7 cm³/mol. The van der Waals surface area contributed by atoms with Crippen LogP contribution in [-0.4, -0.2) is 31.1 Å². The number of amides is 1. The summed E-state index contributed by atoms with van der Waals surface area (Å²) >= 11 is 5.90. The molecule has 1 amide bonds. The zero-order chi connectivity index (χ0) is 18.1. The number of esters is 1. The molecule has 0 aliphatic rings. The fourth-order valence-corrected chi connectivity index (χ4v) is 2.31. The number of halogens is 1. The highest BCUT2D eigenvalue weighted by Crippen LogP contribution is 2.12. The fraction of sp³-hybridized carbons (Fsp3) is 0.263. The van der Waals surface area contributed by atoms with E-state index in [1.54, 1.807) is 37.3 Å². The molecule has 0 bridgehead atoms. The Morgan fingerprint density at radius 1 is 1.12 bits per heavy atom. The topological polar surface area (TPSA) is 64.6 Å². The van der Waals surface area contributed by atoms with Gasteiger partial charge in [-0.15, -0.1) is 0 Å². The third-order valence-electron chi connectivity index (χ3n) is 3.36. The summed E-state index contributed by atoms with van der Waals surface area (Å²) < 4.78 is 10.4. The Bertz CT molecular complexity index is 706. The molecule has 0 spiro atoms. The lowest BCUT2D eigenvalue weighted by molar-refractivity contribution is -0.154. The maximum absolute atomic E-state index is 11.8. The normalized spacial score (nSPS) is 11.4. The average molecular weight is 362 g/mol. The average Bonchev–Trinajstić information content (AvgIpc) is 2.60. The van der Waals surface area contributed by atoms with Crippen LogP contribution in [0, 0.1) is 0 Å². The minimum absolute atomic E-state index is 0.336. The molecular formula is C19H20ClNO4. The molecular weight excluding hydrogens is 342 g/mol. The molecule has 5 nitrogen and oxygen atoms in total. The van der Waals surface area contributed by atoms with Crippen molar-refractivity contribution >= 4 is 23.5 Å². The molecule has 1 N–H and O–H groups in total. The van der Waals surface area contributed by atoms with Gasteiger partial charge in [0.2, 0.25) is 0 Å². The lowest BCUT2D eigenvalue weighted by Gasteiger charge is -2.13. The maximum Gasteiger partial charge on any atom is 0.347 e. The van der Waals surface area contributed by atoms with Crippen molar-refractivity contribution in [3.05, 3.63) is 65.2 Å². The molecule has 0 unspecified atom stereocenters. The van der Waals surface area contributed by atoms with Crippen LogP contribution in [0.15, 0.2) is 54.6 Å². The van der Waals surface area contributed by atoms with Crippen molar-refractivity contribution in [1.29, 1.82) is 0 Å². The van der Waals surface area contributed by atoms with Crippen LogP contribution in [0.5, 0.6) is 5.75 Å². The van der Waals surface area contributed by atoms with E-state index >= 15 is 0 Å². The Labute approximate surface area is 151 Å². The van der Waals surface area contributed by atoms with Crippen molar-refractivity contribution < 1.29 is 19.1 Å². The summed E-state index contributed by atoms with van der Waals surface area (Å²) in [4.78, 5) is 23.6. The molecule has 0 aliphatic heterocycles. The van der Waals surface area contributed by atoms with Gasteiger partial charge >= 0.3 is 5.97 Å². The predicted octanol–water partition coefficient (Wildman–Crippen LogP) is 3.01. The minimum atomic E-state index is -0.790. The smallest absolute Gasteiger partial charge is 0.347 e. The molecule has 0 radical (unpaired) electrons. The van der Waals surface area contributed by atoms with Gasteiger partial charge in [0.05, 0.1) is 0 Å². The van der Waals surface area contributed by atoms with Crippen LogP contribution in [0.25, 0.3) is 0 Å². The van der Waals surface area contributed by atoms with Gasteiger partial charge in [-0.2, -0.15) is 0 Å². The van der Waals surface area contributed by atoms with E-state index in [0.29, 0.717) is 23.7 Å². The van der Waals surface area contributed by atoms with E-state index in [4.69, 9.17) is 21.1 Å². The van der Waals surface area contributed by atoms with Crippen LogP contribution in [0.2, 0.25) is 5.02 Å². The quantitative estimate of drug-likeness (QED) is 0.734. The van der Waals surface area contributed by atoms with Gasteiger partial charge in [-0.3, -0.25) is 4.79 Å². The van der Waals surface area contributed by atoms with Crippen molar-refractivity contribution in [2.45, 2.75) is 19.4 Å². The van der Waals surface area contributed by atoms with Gasteiger partial charge < -0.3 is 14.8 Å². The molecule has 132 valence electrons. The summed E-state index contributed by atoms with van der Waals surface area (Å²) in [5.41, 5.74) is 1.02. The van der Waals surface area contributed by atoms with E-state index in [9.17, 15) is 9.59 Å². The Morgan fingerprint density at radius 2 is 1.88 bits per heavy atom. The molecule has 0 aliphatic carbocycles. The Morgan fingerprint density at radius 3 is 2.60 bits per heavy atom. The third kappa shape index (κ3) is 6.85. The zero-order valence-electron chi connectivity index (χ0n) is 13.9. The van der Waals surface area contributed by atoms with Crippen LogP contribution in [0.4, 0.5) is 0 Å². The molecule has 0 saturated carbocycles. The Balaban J connectivity index is 1.66. The first kappa shape index (κ1) is 18.8. The van der Waals surface area contributed by atoms with Gasteiger partial charge in [-0.05, 0) is 43.2 Å². The van der Waals surface area contributed by atoms with E-state index in [1.165, 1.54) is 0 Å². The molecule has 1 atom stereocenters. The fourth-order valence-electron chi connectivity index (χ4n) is 2.10. The zero-order valence-corrected chi connectivity index (χ0v) is 14.7. The van der Waals surface area contributed by atoms with E-state index in [2.05, 4.69) is 5.32 Å². The first-order chi connectivity index (χ1) is 12.0. The second kappa shape index (κ2) is 9.69. The van der Waals surface area contributed by atoms with Gasteiger partial charge in [-0.1, -0.05) is 41.9 Å². The lowest BCUT2D eigenvalue weighted by atomic mass is 10.1. The first-order valence-corrected chi connectivity index (χ1v) is 8.32. The van der Waals surface area contributed by atoms with Crippen LogP contribution >= 0.6 is 11.6 Å². The first-order valence-electron chi connectivity index (χ1n) is 7.94. The summed E-state index contributed by atoms with van der Waals surface area (Å²) in [6, 6.07) is 16.4. The summed E-state index contributed by atoms with van der Waals surface area (Å²) in [6.45, 7) is 1.68. The van der Waals surface area contributed by atoms with E-state index in [-0.39, 0.29) is 12.5 Å². The van der Waals surface area contributed by atoms with Gasteiger partial charge in [0.15, 0.2) is 12.7 Å². The van der Waals surface area contributed by atoms with Gasteiger partial charge in [0, 0.05) is 11.6 Å². The lowest BCUT2D eigenvalue weighted by Crippen LogP contribution is -2.33. The third-order valence-corrected chi connectivity index (χ3v) is 3.59. The standard InChI is InChI=1S/C19H20ClNO4/c1-14(25-17-8-3-2-4-9-17)19(23)24-13-18(22)21-11-10-15-6-5-7-16(20)12-15/h2-9,12,14H,10-11,13H2,1H3,(H,21,22)/t14-/m0/s1. The molecule has 2 rings (SSSR count). The molecule has 25 heavy (non-hydrogen) atoms. The van der Waals surface area contributed by atoms with Gasteiger partial charge in [0.25, 0.3) is 5.91 Å². The molecule has 0 fully saturated rings. The Kier molecular flexibility index (Phi) is 7.29. The summed E-state index contributed by atoms with van der Waals surface area (Å²) in [6.07, 6.45) is -0.144. The maximum atomic E-state index is 11.8. The van der Waals surface area contributed by atoms with Crippen molar-refractivity contribution in [2.75, 3.05) is 13.2 Å². The molecule has 0 aromatic heterocycles. The molecule has 0 heterocycles. The number of hydrogen-bond acceptors (Lipinski definition) is 4. The van der Waals surface area contributed by atoms with Crippen molar-refractivity contribution in [3.63, 3.8) is 0 Å². The molecule has 2 aromatic carbocycles. The molecule has 2 aromatic rings. The number of nitrogens with one attached hydrogen (secondary N) is 1. The number of ether oxygens (including phenoxy) is 2. The second-order valence-electron chi connectivity index (χ2n) is 5.41. The van der Waals surface area contributed by atoms with Crippen molar-refractivity contribution in [1.82, 2.24) is 5.32 Å². The number of carbonyl (C=O) groups is 2. The monoisotopic (exact) mass is 361 g/mol. The summed E-state index contributed by atoms with van der Waals surface area (Å²) in [5, 5.41) is 3.35. The van der Waals surface area contributed by atoms with Gasteiger partial charge in [-0.25, -0.2) is 4.79 Å². The second-order valence-corrected chi connectivity index (χ2v) is 5.85. The van der Waals surface area contributed by atoms with Crippen LogP contribution in [0.3, 0.4) is 0 Å². The highest BCUT2D eigenvalue weighted by atomic mass is 35.5. The highest BCUT2D eigenvalue weighted by molar-refractivity contribution is 6.30. The largest absolute Gasteiger partial charge is 0.479 e. The van der Waals surface area contributed by atoms with Crippen LogP contribution < -0.4 is 10.1 Å². The van der Waals surface area contributed by atoms with E-state index < -0.39 is 12.1 Å². The summed E-state index contributed by atoms with van der Waals surface area (Å²) in [7, 11) is 0. The minimum Gasteiger partial charge on any atom is -0.479 e.